The molecule has 248 valence electrons. The maximum atomic E-state index is 12.4. The zero-order valence-electron chi connectivity index (χ0n) is 28.2. The standard InChI is InChI=1S/C24H10O6.C22H18/c25-21-13-5-1-9-10-2-6-15-20-16(24(28)30-23(15)27)8-4-12(18(10)20)11-3-7-14(22(26)29-21)19(13)17(9)11;1-13-9-11-18-16-7-3-5-15-6-4-8-17(21(15)16)19-12-10-14(2)20(13)22(18)19/h1-8,13,19H;3-12,16,21H,1-2H3. The fraction of sp³-hybridized carbons (Fsp3) is 0.130. The Morgan fingerprint density at radius 2 is 1.29 bits per heavy atom. The molecular weight excluding hydrogens is 649 g/mol. The van der Waals surface area contributed by atoms with E-state index in [1.165, 1.54) is 44.2 Å². The Morgan fingerprint density at radius 3 is 2.10 bits per heavy atom. The lowest BCUT2D eigenvalue weighted by Crippen LogP contribution is -2.40. The van der Waals surface area contributed by atoms with Crippen LogP contribution in [-0.2, 0) is 19.1 Å². The second-order valence-corrected chi connectivity index (χ2v) is 14.5. The highest BCUT2D eigenvalue weighted by Gasteiger charge is 2.46. The monoisotopic (exact) mass is 676 g/mol. The molecule has 4 atom stereocenters. The normalized spacial score (nSPS) is 23.5. The SMILES string of the molecule is Cc1ccc2c3c(ccc(C)c13)C1C=CC=C3C=CC=C2C31.O=C1OC(=O)C2C=Cc3c4c(c5ccc6c7c(ccc3c75)C(=O)OC6=O)=CC=C1C42. The number of fused-ring (bicyclic) bond motifs is 4. The van der Waals surface area contributed by atoms with Crippen LogP contribution >= 0.6 is 0 Å². The molecule has 0 spiro atoms. The zero-order chi connectivity index (χ0) is 35.2. The van der Waals surface area contributed by atoms with E-state index in [1.807, 2.05) is 24.3 Å². The molecule has 6 nitrogen and oxygen atoms in total. The van der Waals surface area contributed by atoms with Gasteiger partial charge in [-0.3, -0.25) is 4.79 Å². The summed E-state index contributed by atoms with van der Waals surface area (Å²) in [6.07, 6.45) is 20.9. The van der Waals surface area contributed by atoms with Crippen LogP contribution in [0.4, 0.5) is 0 Å². The highest BCUT2D eigenvalue weighted by molar-refractivity contribution is 6.28. The van der Waals surface area contributed by atoms with Crippen molar-refractivity contribution in [2.24, 2.45) is 11.8 Å². The molecule has 1 fully saturated rings. The summed E-state index contributed by atoms with van der Waals surface area (Å²) in [6, 6.07) is 16.3. The first-order chi connectivity index (χ1) is 25.3. The van der Waals surface area contributed by atoms with Crippen molar-refractivity contribution >= 4 is 73.9 Å². The summed E-state index contributed by atoms with van der Waals surface area (Å²) in [5, 5.41) is 6.94. The molecule has 5 aliphatic carbocycles. The molecule has 7 aliphatic rings. The lowest BCUT2D eigenvalue weighted by Gasteiger charge is -2.38. The minimum Gasteiger partial charge on any atom is -0.389 e. The first kappa shape index (κ1) is 29.3. The van der Waals surface area contributed by atoms with Crippen molar-refractivity contribution in [2.45, 2.75) is 25.7 Å². The molecular formula is C46H28O6. The molecule has 6 heteroatoms. The molecule has 0 N–H and O–H groups in total. The van der Waals surface area contributed by atoms with Crippen LogP contribution in [0, 0.1) is 25.7 Å². The maximum absolute atomic E-state index is 12.4. The molecule has 2 heterocycles. The minimum atomic E-state index is -0.657. The summed E-state index contributed by atoms with van der Waals surface area (Å²) in [4.78, 5) is 49.4. The van der Waals surface area contributed by atoms with Gasteiger partial charge in [-0.15, -0.1) is 0 Å². The zero-order valence-corrected chi connectivity index (χ0v) is 28.2. The van der Waals surface area contributed by atoms with Crippen LogP contribution in [0.25, 0.3) is 50.0 Å². The van der Waals surface area contributed by atoms with E-state index in [1.54, 1.807) is 24.3 Å². The molecule has 0 amide bonds. The third-order valence-corrected chi connectivity index (χ3v) is 12.1. The van der Waals surface area contributed by atoms with Crippen molar-refractivity contribution in [1.29, 1.82) is 0 Å². The van der Waals surface area contributed by atoms with Gasteiger partial charge in [0.1, 0.15) is 0 Å². The molecule has 4 unspecified atom stereocenters. The van der Waals surface area contributed by atoms with E-state index in [0.717, 1.165) is 32.5 Å². The second kappa shape index (κ2) is 10.1. The van der Waals surface area contributed by atoms with Crippen molar-refractivity contribution in [1.82, 2.24) is 0 Å². The van der Waals surface area contributed by atoms with Gasteiger partial charge in [0.15, 0.2) is 0 Å². The summed E-state index contributed by atoms with van der Waals surface area (Å²) in [6.45, 7) is 4.47. The highest BCUT2D eigenvalue weighted by atomic mass is 16.6. The van der Waals surface area contributed by atoms with Gasteiger partial charge in [0.25, 0.3) is 0 Å². The Bertz CT molecular complexity index is 2880. The van der Waals surface area contributed by atoms with Gasteiger partial charge in [-0.05, 0) is 103 Å². The maximum Gasteiger partial charge on any atom is 0.346 e. The van der Waals surface area contributed by atoms with E-state index in [-0.39, 0.29) is 0 Å². The van der Waals surface area contributed by atoms with Crippen LogP contribution in [0.3, 0.4) is 0 Å². The number of carbonyl (C=O) groups is 4. The first-order valence-electron chi connectivity index (χ1n) is 17.6. The van der Waals surface area contributed by atoms with Crippen molar-refractivity contribution in [2.75, 3.05) is 0 Å². The van der Waals surface area contributed by atoms with Crippen molar-refractivity contribution in [3.63, 3.8) is 0 Å². The predicted molar refractivity (Wildman–Crippen MR) is 199 cm³/mol. The quantitative estimate of drug-likeness (QED) is 0.122. The minimum absolute atomic E-state index is 0.357. The van der Waals surface area contributed by atoms with E-state index >= 15 is 0 Å². The summed E-state index contributed by atoms with van der Waals surface area (Å²) < 4.78 is 9.81. The molecule has 2 aliphatic heterocycles. The largest absolute Gasteiger partial charge is 0.389 e. The van der Waals surface area contributed by atoms with E-state index in [0.29, 0.717) is 33.9 Å². The van der Waals surface area contributed by atoms with Gasteiger partial charge in [-0.2, -0.15) is 0 Å². The Labute approximate surface area is 297 Å². The molecule has 0 radical (unpaired) electrons. The number of rotatable bonds is 0. The first-order valence-corrected chi connectivity index (χ1v) is 17.6. The number of ether oxygens (including phenoxy) is 2. The van der Waals surface area contributed by atoms with Gasteiger partial charge in [-0.25, -0.2) is 14.4 Å². The number of benzene rings is 5. The van der Waals surface area contributed by atoms with Gasteiger partial charge in [0, 0.05) is 28.7 Å². The number of esters is 4. The van der Waals surface area contributed by atoms with Crippen molar-refractivity contribution in [3.8, 4) is 0 Å². The van der Waals surface area contributed by atoms with Gasteiger partial charge in [0.2, 0.25) is 0 Å². The van der Waals surface area contributed by atoms with Crippen molar-refractivity contribution < 1.29 is 28.7 Å². The fourth-order valence-corrected chi connectivity index (χ4v) is 9.91. The number of cyclic esters (lactones) is 4. The summed E-state index contributed by atoms with van der Waals surface area (Å²) >= 11 is 0. The topological polar surface area (TPSA) is 86.7 Å². The molecule has 52 heavy (non-hydrogen) atoms. The predicted octanol–water partition coefficient (Wildman–Crippen LogP) is 8.17. The third-order valence-electron chi connectivity index (χ3n) is 12.1. The number of hydrogen-bond donors (Lipinski definition) is 0. The molecule has 5 aromatic carbocycles. The molecule has 0 bridgehead atoms. The van der Waals surface area contributed by atoms with Crippen LogP contribution in [0.5, 0.6) is 0 Å². The van der Waals surface area contributed by atoms with E-state index in [2.05, 4.69) is 74.6 Å². The summed E-state index contributed by atoms with van der Waals surface area (Å²) in [7, 11) is 0. The lowest BCUT2D eigenvalue weighted by molar-refractivity contribution is -0.162. The number of hydrogen-bond acceptors (Lipinski definition) is 6. The number of allylic oxidation sites excluding steroid dienone is 9. The van der Waals surface area contributed by atoms with E-state index in [9.17, 15) is 19.2 Å². The fourth-order valence-electron chi connectivity index (χ4n) is 9.91. The van der Waals surface area contributed by atoms with Gasteiger partial charge in [-0.1, -0.05) is 97.2 Å². The summed E-state index contributed by atoms with van der Waals surface area (Å²) in [5.41, 5.74) is 11.6. The Morgan fingerprint density at radius 1 is 0.538 bits per heavy atom. The van der Waals surface area contributed by atoms with Crippen LogP contribution in [0.2, 0.25) is 0 Å². The lowest BCUT2D eigenvalue weighted by atomic mass is 9.65. The third kappa shape index (κ3) is 3.63. The number of carbonyl (C=O) groups excluding carboxylic acids is 4. The van der Waals surface area contributed by atoms with Crippen molar-refractivity contribution in [3.05, 3.63) is 158 Å². The van der Waals surface area contributed by atoms with Crippen LogP contribution in [-0.4, -0.2) is 23.9 Å². The highest BCUT2D eigenvalue weighted by Crippen LogP contribution is 2.53. The molecule has 0 aromatic heterocycles. The molecule has 5 aromatic rings. The Hall–Kier alpha value is -6.40. The Balaban J connectivity index is 0.000000129. The van der Waals surface area contributed by atoms with Crippen LogP contribution < -0.4 is 5.22 Å². The Kier molecular flexibility index (Phi) is 5.70. The van der Waals surface area contributed by atoms with Gasteiger partial charge in [0.05, 0.1) is 17.0 Å². The van der Waals surface area contributed by atoms with E-state index < -0.39 is 35.7 Å². The average Bonchev–Trinajstić information content (AvgIpc) is 3.15. The molecule has 12 rings (SSSR count). The van der Waals surface area contributed by atoms with Gasteiger partial charge >= 0.3 is 23.9 Å². The van der Waals surface area contributed by atoms with Gasteiger partial charge < -0.3 is 9.47 Å². The molecule has 0 saturated carbocycles. The molecule has 1 saturated heterocycles. The van der Waals surface area contributed by atoms with Crippen LogP contribution in [0.1, 0.15) is 65.9 Å². The van der Waals surface area contributed by atoms with E-state index in [4.69, 9.17) is 9.47 Å². The number of aryl methyl sites for hydroxylation is 2. The smallest absolute Gasteiger partial charge is 0.346 e. The van der Waals surface area contributed by atoms with Crippen LogP contribution in [0.15, 0.2) is 108 Å². The second-order valence-electron chi connectivity index (χ2n) is 14.5. The average molecular weight is 677 g/mol. The summed E-state index contributed by atoms with van der Waals surface area (Å²) in [5.74, 6) is -2.45.